The molecule has 0 aliphatic carbocycles. The van der Waals surface area contributed by atoms with Gasteiger partial charge in [-0.25, -0.2) is 0 Å². The first-order valence-electron chi connectivity index (χ1n) is 14.0. The van der Waals surface area contributed by atoms with Crippen LogP contribution in [0.3, 0.4) is 0 Å². The Kier molecular flexibility index (Phi) is 10.3. The van der Waals surface area contributed by atoms with Crippen LogP contribution >= 0.6 is 11.8 Å². The van der Waals surface area contributed by atoms with Gasteiger partial charge in [-0.2, -0.15) is 0 Å². The molecule has 224 valence electrons. The van der Waals surface area contributed by atoms with E-state index in [1.54, 1.807) is 24.3 Å². The third-order valence-electron chi connectivity index (χ3n) is 6.46. The predicted octanol–water partition coefficient (Wildman–Crippen LogP) is 6.52. The Balaban J connectivity index is 1.41. The molecule has 1 aliphatic rings. The fraction of sp³-hybridized carbons (Fsp3) is 0.273. The van der Waals surface area contributed by atoms with Crippen LogP contribution in [-0.4, -0.2) is 47.6 Å². The number of benzene rings is 3. The predicted molar refractivity (Wildman–Crippen MR) is 169 cm³/mol. The van der Waals surface area contributed by atoms with Gasteiger partial charge in [0.05, 0.1) is 11.5 Å². The molecule has 3 aromatic rings. The van der Waals surface area contributed by atoms with E-state index in [0.717, 1.165) is 39.0 Å². The number of nitrogens with zero attached hydrogens (tertiary/aromatic N) is 1. The monoisotopic (exact) mass is 601 g/mol. The third kappa shape index (κ3) is 8.26. The van der Waals surface area contributed by atoms with Gasteiger partial charge in [0.25, 0.3) is 17.1 Å². The van der Waals surface area contributed by atoms with Crippen LogP contribution in [-0.2, 0) is 14.4 Å². The van der Waals surface area contributed by atoms with Crippen molar-refractivity contribution >= 4 is 52.2 Å². The van der Waals surface area contributed by atoms with Crippen molar-refractivity contribution in [3.05, 3.63) is 87.8 Å². The molecular weight excluding hydrogens is 566 g/mol. The normalized spacial score (nSPS) is 13.9. The molecule has 9 nitrogen and oxygen atoms in total. The molecule has 0 radical (unpaired) electrons. The SMILES string of the molecule is CCOc1cc(/C=C2/SC(=O)N(CC(=O)Nc3cc(C)cc(C)c3)C2=O)ccc1OCC(=O)Nc1ccccc1C(C)C. The van der Waals surface area contributed by atoms with Gasteiger partial charge in [-0.1, -0.05) is 44.2 Å². The van der Waals surface area contributed by atoms with E-state index < -0.39 is 23.6 Å². The molecule has 1 heterocycles. The zero-order valence-corrected chi connectivity index (χ0v) is 25.7. The number of rotatable bonds is 11. The summed E-state index contributed by atoms with van der Waals surface area (Å²) in [6.07, 6.45) is 1.56. The topological polar surface area (TPSA) is 114 Å². The number of anilines is 2. The number of amides is 4. The summed E-state index contributed by atoms with van der Waals surface area (Å²) in [5.41, 5.74) is 4.94. The minimum atomic E-state index is -0.554. The lowest BCUT2D eigenvalue weighted by Gasteiger charge is -2.15. The molecule has 3 aromatic carbocycles. The molecule has 0 unspecified atom stereocenters. The van der Waals surface area contributed by atoms with Crippen LogP contribution in [0.2, 0.25) is 0 Å². The number of carbonyl (C=O) groups excluding carboxylic acids is 4. The van der Waals surface area contributed by atoms with Crippen molar-refractivity contribution < 1.29 is 28.7 Å². The summed E-state index contributed by atoms with van der Waals surface area (Å²) >= 11 is 0.765. The van der Waals surface area contributed by atoms with E-state index >= 15 is 0 Å². The standard InChI is InChI=1S/C33H35N3O6S/c1-6-41-28-16-23(11-12-27(28)42-19-31(38)35-26-10-8-7-9-25(26)20(2)3)17-29-32(39)36(33(40)43-29)18-30(37)34-24-14-21(4)13-22(5)15-24/h7-17,20H,6,18-19H2,1-5H3,(H,34,37)(H,35,38)/b29-17+. The highest BCUT2D eigenvalue weighted by Gasteiger charge is 2.36. The van der Waals surface area contributed by atoms with Gasteiger partial charge in [-0.05, 0) is 97.1 Å². The average Bonchev–Trinajstić information content (AvgIpc) is 3.19. The molecule has 0 bridgehead atoms. The van der Waals surface area contributed by atoms with E-state index in [1.807, 2.05) is 63.2 Å². The molecule has 10 heteroatoms. The second kappa shape index (κ2) is 14.1. The molecule has 0 spiro atoms. The van der Waals surface area contributed by atoms with Gasteiger partial charge >= 0.3 is 0 Å². The van der Waals surface area contributed by atoms with Crippen molar-refractivity contribution in [3.63, 3.8) is 0 Å². The molecule has 0 saturated carbocycles. The fourth-order valence-electron chi connectivity index (χ4n) is 4.62. The summed E-state index contributed by atoms with van der Waals surface area (Å²) < 4.78 is 11.5. The molecule has 0 aromatic heterocycles. The van der Waals surface area contributed by atoms with E-state index in [2.05, 4.69) is 24.5 Å². The molecule has 0 atom stereocenters. The van der Waals surface area contributed by atoms with Crippen LogP contribution in [0.1, 0.15) is 48.9 Å². The zero-order valence-electron chi connectivity index (χ0n) is 24.9. The van der Waals surface area contributed by atoms with Gasteiger partial charge in [0, 0.05) is 11.4 Å². The number of ether oxygens (including phenoxy) is 2. The van der Waals surface area contributed by atoms with E-state index in [1.165, 1.54) is 0 Å². The van der Waals surface area contributed by atoms with Crippen LogP contribution in [0.4, 0.5) is 16.2 Å². The van der Waals surface area contributed by atoms with Crippen LogP contribution in [0, 0.1) is 13.8 Å². The number of thioether (sulfide) groups is 1. The second-order valence-electron chi connectivity index (χ2n) is 10.4. The quantitative estimate of drug-likeness (QED) is 0.241. The van der Waals surface area contributed by atoms with Crippen molar-refractivity contribution in [2.45, 2.75) is 40.5 Å². The minimum absolute atomic E-state index is 0.184. The number of imide groups is 1. The number of aryl methyl sites for hydroxylation is 2. The number of carbonyl (C=O) groups is 4. The molecule has 4 amide bonds. The smallest absolute Gasteiger partial charge is 0.294 e. The number of hydrogen-bond acceptors (Lipinski definition) is 7. The number of hydrogen-bond donors (Lipinski definition) is 2. The molecule has 1 saturated heterocycles. The van der Waals surface area contributed by atoms with Crippen LogP contribution < -0.4 is 20.1 Å². The first-order chi connectivity index (χ1) is 20.5. The fourth-order valence-corrected chi connectivity index (χ4v) is 5.46. The van der Waals surface area contributed by atoms with Crippen molar-refractivity contribution in [2.24, 2.45) is 0 Å². The Labute approximate surface area is 255 Å². The first kappa shape index (κ1) is 31.4. The van der Waals surface area contributed by atoms with Gasteiger partial charge < -0.3 is 20.1 Å². The summed E-state index contributed by atoms with van der Waals surface area (Å²) in [7, 11) is 0. The largest absolute Gasteiger partial charge is 0.490 e. The lowest BCUT2D eigenvalue weighted by Crippen LogP contribution is -2.36. The Hall–Kier alpha value is -4.57. The van der Waals surface area contributed by atoms with Crippen LogP contribution in [0.25, 0.3) is 6.08 Å². The zero-order chi connectivity index (χ0) is 31.1. The highest BCUT2D eigenvalue weighted by atomic mass is 32.2. The summed E-state index contributed by atoms with van der Waals surface area (Å²) in [6.45, 7) is 9.50. The van der Waals surface area contributed by atoms with Gasteiger partial charge in [-0.15, -0.1) is 0 Å². The Morgan fingerprint density at radius 1 is 0.907 bits per heavy atom. The van der Waals surface area contributed by atoms with E-state index in [0.29, 0.717) is 29.4 Å². The van der Waals surface area contributed by atoms with Crippen molar-refractivity contribution in [2.75, 3.05) is 30.4 Å². The Morgan fingerprint density at radius 3 is 2.33 bits per heavy atom. The molecule has 2 N–H and O–H groups in total. The van der Waals surface area contributed by atoms with Crippen molar-refractivity contribution in [1.82, 2.24) is 4.90 Å². The Bertz CT molecular complexity index is 1560. The molecular formula is C33H35N3O6S. The number of para-hydroxylation sites is 1. The summed E-state index contributed by atoms with van der Waals surface area (Å²) in [5.74, 6) is -0.334. The van der Waals surface area contributed by atoms with Gasteiger partial charge in [0.15, 0.2) is 18.1 Å². The van der Waals surface area contributed by atoms with Gasteiger partial charge in [0.2, 0.25) is 5.91 Å². The maximum atomic E-state index is 13.0. The lowest BCUT2D eigenvalue weighted by atomic mass is 10.0. The average molecular weight is 602 g/mol. The van der Waals surface area contributed by atoms with Crippen LogP contribution in [0.15, 0.2) is 65.6 Å². The second-order valence-corrected chi connectivity index (χ2v) is 11.4. The third-order valence-corrected chi connectivity index (χ3v) is 7.37. The molecule has 1 aliphatic heterocycles. The maximum absolute atomic E-state index is 13.0. The highest BCUT2D eigenvalue weighted by Crippen LogP contribution is 2.35. The molecule has 1 fully saturated rings. The first-order valence-corrected chi connectivity index (χ1v) is 14.8. The van der Waals surface area contributed by atoms with Crippen LogP contribution in [0.5, 0.6) is 11.5 Å². The maximum Gasteiger partial charge on any atom is 0.294 e. The van der Waals surface area contributed by atoms with Crippen molar-refractivity contribution in [1.29, 1.82) is 0 Å². The van der Waals surface area contributed by atoms with E-state index in [9.17, 15) is 19.2 Å². The number of nitrogens with one attached hydrogen (secondary N) is 2. The highest BCUT2D eigenvalue weighted by molar-refractivity contribution is 8.18. The minimum Gasteiger partial charge on any atom is -0.490 e. The van der Waals surface area contributed by atoms with Gasteiger partial charge in [0.1, 0.15) is 6.54 Å². The summed E-state index contributed by atoms with van der Waals surface area (Å²) in [5, 5.41) is 5.12. The van der Waals surface area contributed by atoms with Gasteiger partial charge in [-0.3, -0.25) is 24.1 Å². The van der Waals surface area contributed by atoms with E-state index in [4.69, 9.17) is 9.47 Å². The molecule has 4 rings (SSSR count). The van der Waals surface area contributed by atoms with E-state index in [-0.39, 0.29) is 23.3 Å². The summed E-state index contributed by atoms with van der Waals surface area (Å²) in [6, 6.07) is 18.3. The van der Waals surface area contributed by atoms with Crippen molar-refractivity contribution in [3.8, 4) is 11.5 Å². The summed E-state index contributed by atoms with van der Waals surface area (Å²) in [4.78, 5) is 52.0. The molecule has 43 heavy (non-hydrogen) atoms. The lowest BCUT2D eigenvalue weighted by molar-refractivity contribution is -0.127. The Morgan fingerprint density at radius 2 is 1.63 bits per heavy atom.